The summed E-state index contributed by atoms with van der Waals surface area (Å²) in [6.07, 6.45) is 0.221. The van der Waals surface area contributed by atoms with Crippen molar-refractivity contribution in [2.24, 2.45) is 5.41 Å². The lowest BCUT2D eigenvalue weighted by atomic mass is 9.92. The fourth-order valence-electron chi connectivity index (χ4n) is 3.38. The van der Waals surface area contributed by atoms with E-state index in [2.05, 4.69) is 59.2 Å². The van der Waals surface area contributed by atoms with Gasteiger partial charge in [-0.1, -0.05) is 51.9 Å². The molecule has 0 spiro atoms. The largest absolute Gasteiger partial charge is 0.471 e. The zero-order chi connectivity index (χ0) is 23.5. The molecule has 2 aromatic heterocycles. The number of aryl methyl sites for hydroxylation is 1. The third kappa shape index (κ3) is 6.41. The van der Waals surface area contributed by atoms with E-state index >= 15 is 0 Å². The summed E-state index contributed by atoms with van der Waals surface area (Å²) in [5.74, 6) is -0.453. The first-order valence-electron chi connectivity index (χ1n) is 10.7. The Morgan fingerprint density at radius 2 is 1.88 bits per heavy atom. The zero-order valence-electron chi connectivity index (χ0n) is 19.1. The van der Waals surface area contributed by atoms with Crippen molar-refractivity contribution in [3.8, 4) is 0 Å². The van der Waals surface area contributed by atoms with Gasteiger partial charge in [-0.3, -0.25) is 0 Å². The number of benzene rings is 1. The number of aromatic nitrogens is 4. The molecule has 0 aliphatic rings. The molecular formula is C23H30F3N5O. The van der Waals surface area contributed by atoms with Crippen molar-refractivity contribution in [3.05, 3.63) is 41.3 Å². The Hall–Kier alpha value is -2.68. The summed E-state index contributed by atoms with van der Waals surface area (Å²) < 4.78 is 44.4. The molecule has 2 heterocycles. The average Bonchev–Trinajstić information content (AvgIpc) is 3.26. The van der Waals surface area contributed by atoms with Crippen molar-refractivity contribution in [1.82, 2.24) is 25.0 Å². The van der Waals surface area contributed by atoms with E-state index in [-0.39, 0.29) is 11.2 Å². The molecule has 1 aromatic carbocycles. The maximum absolute atomic E-state index is 12.6. The number of nitrogens with one attached hydrogen (secondary N) is 1. The van der Waals surface area contributed by atoms with E-state index in [1.807, 2.05) is 18.2 Å². The quantitative estimate of drug-likeness (QED) is 0.454. The Bertz CT molecular complexity index is 1070. The van der Waals surface area contributed by atoms with Gasteiger partial charge < -0.3 is 14.4 Å². The predicted molar refractivity (Wildman–Crippen MR) is 119 cm³/mol. The monoisotopic (exact) mass is 449 g/mol. The first-order chi connectivity index (χ1) is 14.9. The molecule has 0 saturated carbocycles. The lowest BCUT2D eigenvalue weighted by Crippen LogP contribution is -2.25. The van der Waals surface area contributed by atoms with Crippen LogP contribution in [0, 0.1) is 5.41 Å². The lowest BCUT2D eigenvalue weighted by molar-refractivity contribution is -0.159. The second-order valence-corrected chi connectivity index (χ2v) is 9.42. The van der Waals surface area contributed by atoms with Gasteiger partial charge >= 0.3 is 12.1 Å². The summed E-state index contributed by atoms with van der Waals surface area (Å²) >= 11 is 0. The molecule has 0 bridgehead atoms. The minimum Gasteiger partial charge on any atom is -0.329 e. The van der Waals surface area contributed by atoms with Gasteiger partial charge in [0.1, 0.15) is 5.82 Å². The van der Waals surface area contributed by atoms with Crippen LogP contribution in [0.25, 0.3) is 23.2 Å². The SMILES string of the molecule is CC(C)NCCCn1c(CC(C)(C)C)nc2cc(/C=C/c3noc(C(F)(F)F)n3)ccc21. The normalized spacial score (nSPS) is 13.2. The fourth-order valence-corrected chi connectivity index (χ4v) is 3.38. The zero-order valence-corrected chi connectivity index (χ0v) is 19.1. The molecule has 0 unspecified atom stereocenters. The Balaban J connectivity index is 1.84. The number of fused-ring (bicyclic) bond motifs is 1. The maximum Gasteiger partial charge on any atom is 0.471 e. The van der Waals surface area contributed by atoms with Crippen molar-refractivity contribution in [2.45, 2.75) is 66.2 Å². The number of hydrogen-bond acceptors (Lipinski definition) is 5. The maximum atomic E-state index is 12.6. The molecule has 9 heteroatoms. The van der Waals surface area contributed by atoms with Gasteiger partial charge in [0, 0.05) is 19.0 Å². The van der Waals surface area contributed by atoms with Gasteiger partial charge in [-0.05, 0) is 42.2 Å². The number of halogens is 3. The van der Waals surface area contributed by atoms with E-state index in [9.17, 15) is 13.2 Å². The van der Waals surface area contributed by atoms with Gasteiger partial charge in [-0.25, -0.2) is 4.98 Å². The highest BCUT2D eigenvalue weighted by atomic mass is 19.4. The van der Waals surface area contributed by atoms with Gasteiger partial charge in [0.2, 0.25) is 0 Å². The van der Waals surface area contributed by atoms with Crippen LogP contribution >= 0.6 is 0 Å². The topological polar surface area (TPSA) is 68.8 Å². The minimum absolute atomic E-state index is 0.0901. The summed E-state index contributed by atoms with van der Waals surface area (Å²) in [6.45, 7) is 12.6. The Morgan fingerprint density at radius 1 is 1.12 bits per heavy atom. The van der Waals surface area contributed by atoms with Crippen molar-refractivity contribution < 1.29 is 17.7 Å². The highest BCUT2D eigenvalue weighted by Gasteiger charge is 2.38. The van der Waals surface area contributed by atoms with Crippen LogP contribution in [-0.4, -0.2) is 32.3 Å². The van der Waals surface area contributed by atoms with Crippen molar-refractivity contribution in [1.29, 1.82) is 0 Å². The van der Waals surface area contributed by atoms with Crippen LogP contribution in [-0.2, 0) is 19.1 Å². The molecule has 32 heavy (non-hydrogen) atoms. The Kier molecular flexibility index (Phi) is 7.07. The standard InChI is InChI=1S/C23H30F3N5O/c1-15(2)27-11-6-12-31-18-9-7-16(13-17(18)28-20(31)14-22(3,4)5)8-10-19-29-21(32-30-19)23(24,25)26/h7-10,13,15,27H,6,11-12,14H2,1-5H3/b10-8+. The number of nitrogens with zero attached hydrogens (tertiary/aromatic N) is 4. The van der Waals surface area contributed by atoms with Crippen molar-refractivity contribution in [3.63, 3.8) is 0 Å². The van der Waals surface area contributed by atoms with Gasteiger partial charge in [-0.2, -0.15) is 18.2 Å². The number of rotatable bonds is 8. The van der Waals surface area contributed by atoms with E-state index < -0.39 is 12.1 Å². The third-order valence-corrected chi connectivity index (χ3v) is 4.76. The summed E-state index contributed by atoms with van der Waals surface area (Å²) in [5.41, 5.74) is 2.79. The van der Waals surface area contributed by atoms with Gasteiger partial charge in [0.25, 0.3) is 0 Å². The number of hydrogen-bond donors (Lipinski definition) is 1. The van der Waals surface area contributed by atoms with Crippen LogP contribution in [0.4, 0.5) is 13.2 Å². The molecule has 0 aliphatic carbocycles. The highest BCUT2D eigenvalue weighted by Crippen LogP contribution is 2.28. The molecule has 0 fully saturated rings. The Labute approximate surface area is 185 Å². The smallest absolute Gasteiger partial charge is 0.329 e. The van der Waals surface area contributed by atoms with E-state index in [1.165, 1.54) is 6.08 Å². The number of imidazole rings is 1. The van der Waals surface area contributed by atoms with Crippen LogP contribution in [0.3, 0.4) is 0 Å². The van der Waals surface area contributed by atoms with Crippen LogP contribution < -0.4 is 5.32 Å². The first kappa shape index (κ1) is 24.0. The fraction of sp³-hybridized carbons (Fsp3) is 0.522. The molecule has 3 rings (SSSR count). The molecule has 0 saturated heterocycles. The molecule has 6 nitrogen and oxygen atoms in total. The van der Waals surface area contributed by atoms with E-state index in [0.29, 0.717) is 6.04 Å². The highest BCUT2D eigenvalue weighted by molar-refractivity contribution is 5.81. The summed E-state index contributed by atoms with van der Waals surface area (Å²) in [7, 11) is 0. The number of alkyl halides is 3. The third-order valence-electron chi connectivity index (χ3n) is 4.76. The summed E-state index contributed by atoms with van der Waals surface area (Å²) in [4.78, 5) is 8.23. The Morgan fingerprint density at radius 3 is 2.50 bits per heavy atom. The average molecular weight is 450 g/mol. The molecule has 174 valence electrons. The van der Waals surface area contributed by atoms with Crippen LogP contribution in [0.15, 0.2) is 22.7 Å². The molecule has 0 amide bonds. The van der Waals surface area contributed by atoms with Crippen LogP contribution in [0.2, 0.25) is 0 Å². The minimum atomic E-state index is -4.65. The lowest BCUT2D eigenvalue weighted by Gasteiger charge is -2.19. The van der Waals surface area contributed by atoms with Gasteiger partial charge in [0.15, 0.2) is 5.82 Å². The van der Waals surface area contributed by atoms with Crippen molar-refractivity contribution >= 4 is 23.2 Å². The van der Waals surface area contributed by atoms with Gasteiger partial charge in [-0.15, -0.1) is 0 Å². The first-order valence-corrected chi connectivity index (χ1v) is 10.7. The van der Waals surface area contributed by atoms with E-state index in [4.69, 9.17) is 4.98 Å². The second kappa shape index (κ2) is 9.44. The molecule has 1 N–H and O–H groups in total. The molecule has 0 atom stereocenters. The molecular weight excluding hydrogens is 419 g/mol. The molecule has 3 aromatic rings. The summed E-state index contributed by atoms with van der Waals surface area (Å²) in [6, 6.07) is 6.28. The van der Waals surface area contributed by atoms with E-state index in [0.717, 1.165) is 48.4 Å². The van der Waals surface area contributed by atoms with Crippen LogP contribution in [0.1, 0.15) is 64.1 Å². The van der Waals surface area contributed by atoms with Crippen LogP contribution in [0.5, 0.6) is 0 Å². The molecule has 0 aliphatic heterocycles. The van der Waals surface area contributed by atoms with Gasteiger partial charge in [0.05, 0.1) is 11.0 Å². The van der Waals surface area contributed by atoms with E-state index in [1.54, 1.807) is 6.08 Å². The van der Waals surface area contributed by atoms with Crippen molar-refractivity contribution in [2.75, 3.05) is 6.54 Å². The second-order valence-electron chi connectivity index (χ2n) is 9.42. The predicted octanol–water partition coefficient (Wildman–Crippen LogP) is 5.59. The summed E-state index contributed by atoms with van der Waals surface area (Å²) in [5, 5.41) is 6.80. The molecule has 0 radical (unpaired) electrons.